The Hall–Kier alpha value is -2.64. The fourth-order valence-corrected chi connectivity index (χ4v) is 1.48. The topological polar surface area (TPSA) is 134 Å². The van der Waals surface area contributed by atoms with Gasteiger partial charge in [0.1, 0.15) is 6.04 Å². The SMILES string of the molecule is Cc1cccc(CNC(=O)N[C@H](CC(N)=O)C(=O)O)n1. The molecule has 108 valence electrons. The zero-order valence-electron chi connectivity index (χ0n) is 10.9. The van der Waals surface area contributed by atoms with Crippen LogP contribution in [0, 0.1) is 6.92 Å². The van der Waals surface area contributed by atoms with Gasteiger partial charge in [0.25, 0.3) is 0 Å². The van der Waals surface area contributed by atoms with E-state index in [0.717, 1.165) is 5.69 Å². The van der Waals surface area contributed by atoms with Gasteiger partial charge in [-0.3, -0.25) is 9.78 Å². The van der Waals surface area contributed by atoms with Gasteiger partial charge in [-0.2, -0.15) is 0 Å². The highest BCUT2D eigenvalue weighted by Crippen LogP contribution is 1.97. The number of urea groups is 1. The summed E-state index contributed by atoms with van der Waals surface area (Å²) in [6.07, 6.45) is -0.467. The highest BCUT2D eigenvalue weighted by atomic mass is 16.4. The number of aromatic nitrogens is 1. The van der Waals surface area contributed by atoms with Crippen LogP contribution in [0.3, 0.4) is 0 Å². The van der Waals surface area contributed by atoms with E-state index in [1.165, 1.54) is 0 Å². The predicted molar refractivity (Wildman–Crippen MR) is 69.6 cm³/mol. The highest BCUT2D eigenvalue weighted by Gasteiger charge is 2.21. The number of aryl methyl sites for hydroxylation is 1. The first kappa shape index (κ1) is 15.4. The summed E-state index contributed by atoms with van der Waals surface area (Å²) in [6.45, 7) is 1.97. The Bertz CT molecular complexity index is 518. The summed E-state index contributed by atoms with van der Waals surface area (Å²) < 4.78 is 0. The second kappa shape index (κ2) is 7.07. The Morgan fingerprint density at radius 1 is 1.40 bits per heavy atom. The van der Waals surface area contributed by atoms with E-state index >= 15 is 0 Å². The number of hydrogen-bond acceptors (Lipinski definition) is 4. The van der Waals surface area contributed by atoms with Gasteiger partial charge in [0, 0.05) is 5.69 Å². The summed E-state index contributed by atoms with van der Waals surface area (Å²) in [4.78, 5) is 37.2. The van der Waals surface area contributed by atoms with Crippen molar-refractivity contribution in [1.82, 2.24) is 15.6 Å². The van der Waals surface area contributed by atoms with Crippen LogP contribution in [-0.4, -0.2) is 34.0 Å². The van der Waals surface area contributed by atoms with E-state index < -0.39 is 30.4 Å². The minimum absolute atomic E-state index is 0.149. The summed E-state index contributed by atoms with van der Waals surface area (Å²) in [5, 5.41) is 13.4. The maximum absolute atomic E-state index is 11.5. The molecule has 20 heavy (non-hydrogen) atoms. The van der Waals surface area contributed by atoms with E-state index in [2.05, 4.69) is 15.6 Å². The van der Waals surface area contributed by atoms with Crippen LogP contribution >= 0.6 is 0 Å². The molecule has 0 aliphatic carbocycles. The molecule has 1 aromatic rings. The molecule has 3 amide bonds. The van der Waals surface area contributed by atoms with Crippen molar-refractivity contribution in [3.63, 3.8) is 0 Å². The molecule has 0 fully saturated rings. The van der Waals surface area contributed by atoms with Gasteiger partial charge in [0.05, 0.1) is 18.7 Å². The number of primary amides is 1. The average Bonchev–Trinajstić information content (AvgIpc) is 2.35. The Balaban J connectivity index is 2.49. The van der Waals surface area contributed by atoms with E-state index in [1.54, 1.807) is 12.1 Å². The van der Waals surface area contributed by atoms with E-state index in [0.29, 0.717) is 5.69 Å². The molecule has 8 heteroatoms. The smallest absolute Gasteiger partial charge is 0.326 e. The van der Waals surface area contributed by atoms with Crippen molar-refractivity contribution in [2.75, 3.05) is 0 Å². The minimum Gasteiger partial charge on any atom is -0.480 e. The number of amides is 3. The largest absolute Gasteiger partial charge is 0.480 e. The van der Waals surface area contributed by atoms with Crippen molar-refractivity contribution >= 4 is 17.9 Å². The normalized spacial score (nSPS) is 11.4. The maximum atomic E-state index is 11.5. The first-order valence-corrected chi connectivity index (χ1v) is 5.86. The van der Waals surface area contributed by atoms with Crippen LogP contribution in [0.5, 0.6) is 0 Å². The molecule has 0 aliphatic heterocycles. The Labute approximate surface area is 115 Å². The molecule has 1 heterocycles. The molecule has 1 atom stereocenters. The molecule has 8 nitrogen and oxygen atoms in total. The van der Waals surface area contributed by atoms with Crippen molar-refractivity contribution in [3.8, 4) is 0 Å². The van der Waals surface area contributed by atoms with Crippen LogP contribution < -0.4 is 16.4 Å². The van der Waals surface area contributed by atoms with Gasteiger partial charge < -0.3 is 21.5 Å². The number of hydrogen-bond donors (Lipinski definition) is 4. The maximum Gasteiger partial charge on any atom is 0.326 e. The van der Waals surface area contributed by atoms with Crippen molar-refractivity contribution in [2.24, 2.45) is 5.73 Å². The lowest BCUT2D eigenvalue weighted by Crippen LogP contribution is -2.47. The summed E-state index contributed by atoms with van der Waals surface area (Å²) in [5.74, 6) is -2.13. The number of carbonyl (C=O) groups is 3. The first-order chi connectivity index (χ1) is 9.38. The van der Waals surface area contributed by atoms with Crippen LogP contribution in [-0.2, 0) is 16.1 Å². The minimum atomic E-state index is -1.35. The number of nitrogens with one attached hydrogen (secondary N) is 2. The van der Waals surface area contributed by atoms with Crippen LogP contribution in [0.1, 0.15) is 17.8 Å². The molecular weight excluding hydrogens is 264 g/mol. The summed E-state index contributed by atoms with van der Waals surface area (Å²) in [6, 6.07) is 3.28. The molecule has 1 rings (SSSR count). The highest BCUT2D eigenvalue weighted by molar-refractivity contribution is 5.87. The lowest BCUT2D eigenvalue weighted by Gasteiger charge is -2.13. The Kier molecular flexibility index (Phi) is 5.45. The molecule has 0 aromatic carbocycles. The number of nitrogens with zero attached hydrogens (tertiary/aromatic N) is 1. The monoisotopic (exact) mass is 280 g/mol. The van der Waals surface area contributed by atoms with Crippen molar-refractivity contribution in [2.45, 2.75) is 25.9 Å². The van der Waals surface area contributed by atoms with E-state index in [1.807, 2.05) is 13.0 Å². The number of carboxylic acids is 1. The molecule has 0 aliphatic rings. The number of pyridine rings is 1. The van der Waals surface area contributed by atoms with Gasteiger partial charge in [0.15, 0.2) is 0 Å². The van der Waals surface area contributed by atoms with Crippen molar-refractivity contribution in [1.29, 1.82) is 0 Å². The average molecular weight is 280 g/mol. The van der Waals surface area contributed by atoms with Gasteiger partial charge in [-0.1, -0.05) is 6.07 Å². The molecular formula is C12H16N4O4. The Morgan fingerprint density at radius 3 is 2.65 bits per heavy atom. The second-order valence-electron chi connectivity index (χ2n) is 4.16. The van der Waals surface area contributed by atoms with Crippen molar-refractivity contribution in [3.05, 3.63) is 29.6 Å². The molecule has 0 radical (unpaired) electrons. The number of carbonyl (C=O) groups excluding carboxylic acids is 2. The standard InChI is InChI=1S/C12H16N4O4/c1-7-3-2-4-8(15-7)6-14-12(20)16-9(11(18)19)5-10(13)17/h2-4,9H,5-6H2,1H3,(H2,13,17)(H,18,19)(H2,14,16,20)/t9-/m1/s1. The fourth-order valence-electron chi connectivity index (χ4n) is 1.48. The van der Waals surface area contributed by atoms with Crippen molar-refractivity contribution < 1.29 is 19.5 Å². The number of nitrogens with two attached hydrogens (primary N) is 1. The van der Waals surface area contributed by atoms with Crippen LogP contribution in [0.2, 0.25) is 0 Å². The summed E-state index contributed by atoms with van der Waals surface area (Å²) in [5.41, 5.74) is 6.35. The van der Waals surface area contributed by atoms with Crippen LogP contribution in [0.25, 0.3) is 0 Å². The summed E-state index contributed by atoms with van der Waals surface area (Å²) in [7, 11) is 0. The lowest BCUT2D eigenvalue weighted by molar-refractivity contribution is -0.140. The van der Waals surface area contributed by atoms with E-state index in [4.69, 9.17) is 10.8 Å². The third-order valence-electron chi connectivity index (χ3n) is 2.38. The van der Waals surface area contributed by atoms with Gasteiger partial charge in [-0.25, -0.2) is 9.59 Å². The number of carboxylic acid groups (broad SMARTS) is 1. The number of aliphatic carboxylic acids is 1. The third kappa shape index (κ3) is 5.34. The second-order valence-corrected chi connectivity index (χ2v) is 4.16. The molecule has 0 saturated heterocycles. The van der Waals surface area contributed by atoms with Gasteiger partial charge in [-0.05, 0) is 19.1 Å². The Morgan fingerprint density at radius 2 is 2.10 bits per heavy atom. The molecule has 0 bridgehead atoms. The lowest BCUT2D eigenvalue weighted by atomic mass is 10.2. The molecule has 0 saturated carbocycles. The van der Waals surface area contributed by atoms with Gasteiger partial charge in [0.2, 0.25) is 5.91 Å². The van der Waals surface area contributed by atoms with Gasteiger partial charge >= 0.3 is 12.0 Å². The van der Waals surface area contributed by atoms with Crippen LogP contribution in [0.15, 0.2) is 18.2 Å². The zero-order valence-corrected chi connectivity index (χ0v) is 10.9. The zero-order chi connectivity index (χ0) is 15.1. The van der Waals surface area contributed by atoms with Crippen LogP contribution in [0.4, 0.5) is 4.79 Å². The third-order valence-corrected chi connectivity index (χ3v) is 2.38. The van der Waals surface area contributed by atoms with E-state index in [-0.39, 0.29) is 6.54 Å². The quantitative estimate of drug-likeness (QED) is 0.558. The molecule has 1 aromatic heterocycles. The van der Waals surface area contributed by atoms with Gasteiger partial charge in [-0.15, -0.1) is 0 Å². The molecule has 0 unspecified atom stereocenters. The predicted octanol–water partition coefficient (Wildman–Crippen LogP) is -0.482. The fraction of sp³-hybridized carbons (Fsp3) is 0.333. The summed E-state index contributed by atoms with van der Waals surface area (Å²) >= 11 is 0. The number of rotatable bonds is 6. The molecule has 0 spiro atoms. The first-order valence-electron chi connectivity index (χ1n) is 5.86. The van der Waals surface area contributed by atoms with E-state index in [9.17, 15) is 14.4 Å². The molecule has 5 N–H and O–H groups in total.